The maximum atomic E-state index is 12.6. The van der Waals surface area contributed by atoms with E-state index >= 15 is 0 Å². The van der Waals surface area contributed by atoms with E-state index < -0.39 is 17.4 Å². The van der Waals surface area contributed by atoms with Gasteiger partial charge in [0, 0.05) is 24.6 Å². The van der Waals surface area contributed by atoms with Crippen molar-refractivity contribution in [1.82, 2.24) is 9.78 Å². The summed E-state index contributed by atoms with van der Waals surface area (Å²) in [6, 6.07) is 11.1. The minimum atomic E-state index is -1.51. The predicted molar refractivity (Wildman–Crippen MR) is 142 cm³/mol. The molecule has 4 rings (SSSR count). The number of hydrogen-bond acceptors (Lipinski definition) is 4. The highest BCUT2D eigenvalue weighted by atomic mass is 35.5. The van der Waals surface area contributed by atoms with E-state index in [1.165, 1.54) is 0 Å². The molecule has 0 amide bonds. The van der Waals surface area contributed by atoms with Crippen molar-refractivity contribution in [3.63, 3.8) is 0 Å². The molecule has 1 aliphatic carbocycles. The number of aliphatic carboxylic acids is 2. The summed E-state index contributed by atoms with van der Waals surface area (Å²) in [6.45, 7) is 7.53. The standard InChI is InChI=1S/C29H29ClN2O5/c1-16-7-6-8-23(29(28(35)36)12-11-17(2)21(14-29)27(33)34)22(16)15-37-24-10-9-20(13-18(24)3)26-25(30)19(4)32(5)31-26/h6-13H,14-15H2,1-5H3,(H,33,34)(H,35,36). The fourth-order valence-corrected chi connectivity index (χ4v) is 4.99. The zero-order valence-electron chi connectivity index (χ0n) is 21.4. The van der Waals surface area contributed by atoms with Gasteiger partial charge in [-0.25, -0.2) is 4.79 Å². The average Bonchev–Trinajstić information content (AvgIpc) is 3.11. The number of benzene rings is 2. The molecule has 0 saturated heterocycles. The summed E-state index contributed by atoms with van der Waals surface area (Å²) in [4.78, 5) is 24.5. The highest BCUT2D eigenvalue weighted by Crippen LogP contribution is 2.41. The van der Waals surface area contributed by atoms with E-state index in [0.717, 1.165) is 22.4 Å². The van der Waals surface area contributed by atoms with E-state index in [1.807, 2.05) is 52.1 Å². The molecule has 1 aromatic heterocycles. The molecule has 2 aromatic carbocycles. The van der Waals surface area contributed by atoms with Crippen LogP contribution in [0, 0.1) is 20.8 Å². The fraction of sp³-hybridized carbons (Fsp3) is 0.276. The molecule has 1 atom stereocenters. The first-order valence-electron chi connectivity index (χ1n) is 11.8. The van der Waals surface area contributed by atoms with Crippen LogP contribution in [0.5, 0.6) is 5.75 Å². The Morgan fingerprint density at radius 3 is 2.43 bits per heavy atom. The van der Waals surface area contributed by atoms with Gasteiger partial charge in [-0.1, -0.05) is 42.0 Å². The monoisotopic (exact) mass is 520 g/mol. The first-order valence-corrected chi connectivity index (χ1v) is 12.2. The van der Waals surface area contributed by atoms with Crippen molar-refractivity contribution in [2.24, 2.45) is 7.05 Å². The highest BCUT2D eigenvalue weighted by Gasteiger charge is 2.43. The van der Waals surface area contributed by atoms with Gasteiger partial charge in [-0.05, 0) is 73.7 Å². The van der Waals surface area contributed by atoms with E-state index in [2.05, 4.69) is 5.10 Å². The minimum absolute atomic E-state index is 0.0909. The van der Waals surface area contributed by atoms with Crippen LogP contribution >= 0.6 is 11.6 Å². The molecule has 1 heterocycles. The van der Waals surface area contributed by atoms with Crippen molar-refractivity contribution in [2.45, 2.75) is 46.1 Å². The minimum Gasteiger partial charge on any atom is -0.489 e. The number of ether oxygens (including phenoxy) is 1. The van der Waals surface area contributed by atoms with Gasteiger partial charge in [0.25, 0.3) is 0 Å². The third-order valence-corrected chi connectivity index (χ3v) is 7.61. The lowest BCUT2D eigenvalue weighted by Crippen LogP contribution is -2.38. The molecular formula is C29H29ClN2O5. The summed E-state index contributed by atoms with van der Waals surface area (Å²) in [6.07, 6.45) is 3.03. The molecule has 192 valence electrons. The molecule has 0 saturated carbocycles. The van der Waals surface area contributed by atoms with E-state index in [9.17, 15) is 19.8 Å². The van der Waals surface area contributed by atoms with Crippen LogP contribution in [0.4, 0.5) is 0 Å². The molecule has 0 aliphatic heterocycles. The van der Waals surface area contributed by atoms with Crippen LogP contribution in [-0.4, -0.2) is 31.9 Å². The second-order valence-corrected chi connectivity index (χ2v) is 9.87. The number of rotatable bonds is 7. The smallest absolute Gasteiger partial charge is 0.331 e. The topological polar surface area (TPSA) is 102 Å². The number of hydrogen-bond donors (Lipinski definition) is 2. The molecule has 1 aliphatic rings. The molecule has 2 N–H and O–H groups in total. The number of aromatic nitrogens is 2. The van der Waals surface area contributed by atoms with Gasteiger partial charge in [0.15, 0.2) is 0 Å². The van der Waals surface area contributed by atoms with E-state index in [-0.39, 0.29) is 18.6 Å². The lowest BCUT2D eigenvalue weighted by atomic mass is 9.69. The lowest BCUT2D eigenvalue weighted by molar-refractivity contribution is -0.142. The van der Waals surface area contributed by atoms with Crippen LogP contribution < -0.4 is 4.74 Å². The molecule has 7 nitrogen and oxygen atoms in total. The Morgan fingerprint density at radius 1 is 1.11 bits per heavy atom. The van der Waals surface area contributed by atoms with Gasteiger partial charge in [0.05, 0.1) is 10.7 Å². The number of allylic oxidation sites excluding steroid dienone is 2. The third-order valence-electron chi connectivity index (χ3n) is 7.16. The van der Waals surface area contributed by atoms with Gasteiger partial charge in [0.2, 0.25) is 0 Å². The van der Waals surface area contributed by atoms with Crippen LogP contribution in [0.2, 0.25) is 5.02 Å². The highest BCUT2D eigenvalue weighted by molar-refractivity contribution is 6.33. The van der Waals surface area contributed by atoms with E-state index in [4.69, 9.17) is 16.3 Å². The van der Waals surface area contributed by atoms with Gasteiger partial charge < -0.3 is 14.9 Å². The molecule has 0 radical (unpaired) electrons. The van der Waals surface area contributed by atoms with E-state index in [0.29, 0.717) is 33.2 Å². The molecule has 37 heavy (non-hydrogen) atoms. The second-order valence-electron chi connectivity index (χ2n) is 9.49. The molecular weight excluding hydrogens is 492 g/mol. The summed E-state index contributed by atoms with van der Waals surface area (Å²) in [7, 11) is 1.84. The summed E-state index contributed by atoms with van der Waals surface area (Å²) in [5.74, 6) is -1.57. The Kier molecular flexibility index (Phi) is 7.02. The largest absolute Gasteiger partial charge is 0.489 e. The molecule has 8 heteroatoms. The lowest BCUT2D eigenvalue weighted by Gasteiger charge is -2.32. The van der Waals surface area contributed by atoms with Gasteiger partial charge >= 0.3 is 11.9 Å². The number of carboxylic acid groups (broad SMARTS) is 2. The Morgan fingerprint density at radius 2 is 1.84 bits per heavy atom. The summed E-state index contributed by atoms with van der Waals surface area (Å²) < 4.78 is 7.94. The van der Waals surface area contributed by atoms with Gasteiger partial charge in [-0.2, -0.15) is 5.10 Å². The van der Waals surface area contributed by atoms with Crippen molar-refractivity contribution < 1.29 is 24.5 Å². The quantitative estimate of drug-likeness (QED) is 0.400. The van der Waals surface area contributed by atoms with Crippen molar-refractivity contribution in [3.05, 3.63) is 92.7 Å². The number of halogens is 1. The molecule has 0 bridgehead atoms. The summed E-state index contributed by atoms with van der Waals surface area (Å²) >= 11 is 6.46. The van der Waals surface area contributed by atoms with Crippen molar-refractivity contribution in [2.75, 3.05) is 0 Å². The van der Waals surface area contributed by atoms with Crippen LogP contribution in [0.1, 0.15) is 41.3 Å². The SMILES string of the molecule is CC1=C(C(=O)O)CC(C(=O)O)(c2cccc(C)c2COc2ccc(-c3nn(C)c(C)c3Cl)cc2C)C=C1. The van der Waals surface area contributed by atoms with E-state index in [1.54, 1.807) is 35.9 Å². The van der Waals surface area contributed by atoms with Crippen LogP contribution in [-0.2, 0) is 28.7 Å². The maximum Gasteiger partial charge on any atom is 0.331 e. The number of nitrogens with zero attached hydrogens (tertiary/aromatic N) is 2. The zero-order valence-corrected chi connectivity index (χ0v) is 22.2. The Hall–Kier alpha value is -3.84. The van der Waals surface area contributed by atoms with Crippen molar-refractivity contribution in [1.29, 1.82) is 0 Å². The molecule has 1 unspecified atom stereocenters. The van der Waals surface area contributed by atoms with Crippen LogP contribution in [0.15, 0.2) is 59.7 Å². The first-order chi connectivity index (χ1) is 17.5. The predicted octanol–water partition coefficient (Wildman–Crippen LogP) is 5.93. The van der Waals surface area contributed by atoms with Gasteiger partial charge in [-0.15, -0.1) is 0 Å². The Labute approximate surface area is 220 Å². The third kappa shape index (κ3) is 4.67. The van der Waals surface area contributed by atoms with Crippen LogP contribution in [0.3, 0.4) is 0 Å². The van der Waals surface area contributed by atoms with Crippen LogP contribution in [0.25, 0.3) is 11.3 Å². The van der Waals surface area contributed by atoms with Crippen molar-refractivity contribution >= 4 is 23.5 Å². The summed E-state index contributed by atoms with van der Waals surface area (Å²) in [5.41, 5.74) is 4.55. The molecule has 0 spiro atoms. The van der Waals surface area contributed by atoms with Gasteiger partial charge in [0.1, 0.15) is 23.5 Å². The molecule has 3 aromatic rings. The Balaban J connectivity index is 1.68. The number of carbonyl (C=O) groups is 2. The maximum absolute atomic E-state index is 12.6. The summed E-state index contributed by atoms with van der Waals surface area (Å²) in [5, 5.41) is 25.1. The number of carboxylic acids is 2. The second kappa shape index (κ2) is 9.90. The van der Waals surface area contributed by atoms with Gasteiger partial charge in [-0.3, -0.25) is 9.48 Å². The number of aryl methyl sites for hydroxylation is 3. The zero-order chi connectivity index (χ0) is 27.1. The average molecular weight is 521 g/mol. The fourth-order valence-electron chi connectivity index (χ4n) is 4.72. The molecule has 0 fully saturated rings. The first kappa shape index (κ1) is 26.2. The van der Waals surface area contributed by atoms with Crippen molar-refractivity contribution in [3.8, 4) is 17.0 Å². The Bertz CT molecular complexity index is 1480. The normalized spacial score (nSPS) is 17.2.